The second-order valence-corrected chi connectivity index (χ2v) is 4.20. The first-order chi connectivity index (χ1) is 7.21. The Hall–Kier alpha value is -0.610. The lowest BCUT2D eigenvalue weighted by Crippen LogP contribution is -2.34. The largest absolute Gasteiger partial charge is 0.380 e. The molecular weight excluding hydrogens is 192 g/mol. The van der Waals surface area contributed by atoms with Crippen molar-refractivity contribution in [1.82, 2.24) is 4.90 Å². The van der Waals surface area contributed by atoms with E-state index in [0.29, 0.717) is 18.9 Å². The van der Waals surface area contributed by atoms with Crippen molar-refractivity contribution in [3.63, 3.8) is 0 Å². The molecule has 1 heterocycles. The molecule has 2 atom stereocenters. The third-order valence-electron chi connectivity index (χ3n) is 3.21. The number of carbonyl (C=O) groups is 1. The first-order valence-electron chi connectivity index (χ1n) is 5.71. The summed E-state index contributed by atoms with van der Waals surface area (Å²) in [5, 5.41) is 0. The molecule has 0 aromatic heterocycles. The van der Waals surface area contributed by atoms with Crippen molar-refractivity contribution >= 4 is 5.91 Å². The number of ether oxygens (including phenoxy) is 1. The second-order valence-electron chi connectivity index (χ2n) is 4.20. The van der Waals surface area contributed by atoms with E-state index >= 15 is 0 Å². The van der Waals surface area contributed by atoms with Crippen molar-refractivity contribution in [3.8, 4) is 0 Å². The van der Waals surface area contributed by atoms with Gasteiger partial charge in [0.15, 0.2) is 0 Å². The number of rotatable bonds is 5. The number of likely N-dealkylation sites (tertiary alicyclic amines) is 1. The zero-order chi connectivity index (χ0) is 11.3. The Kier molecular flexibility index (Phi) is 5.05. The molecule has 1 aliphatic rings. The van der Waals surface area contributed by atoms with Gasteiger partial charge in [0.25, 0.3) is 0 Å². The van der Waals surface area contributed by atoms with Crippen molar-refractivity contribution < 1.29 is 9.53 Å². The lowest BCUT2D eigenvalue weighted by Gasteiger charge is -2.19. The minimum Gasteiger partial charge on any atom is -0.380 e. The molecule has 2 unspecified atom stereocenters. The van der Waals surface area contributed by atoms with Crippen molar-refractivity contribution in [3.05, 3.63) is 0 Å². The van der Waals surface area contributed by atoms with Gasteiger partial charge in [-0.15, -0.1) is 0 Å². The van der Waals surface area contributed by atoms with E-state index in [9.17, 15) is 4.79 Å². The summed E-state index contributed by atoms with van der Waals surface area (Å²) in [5.74, 6) is 0.871. The van der Waals surface area contributed by atoms with Gasteiger partial charge in [0.1, 0.15) is 0 Å². The summed E-state index contributed by atoms with van der Waals surface area (Å²) in [6, 6.07) is 0. The van der Waals surface area contributed by atoms with Crippen LogP contribution in [-0.4, -0.2) is 43.7 Å². The van der Waals surface area contributed by atoms with Gasteiger partial charge in [0.2, 0.25) is 5.91 Å². The van der Waals surface area contributed by atoms with Crippen molar-refractivity contribution in [2.24, 2.45) is 11.7 Å². The normalized spacial score (nSPS) is 23.1. The fourth-order valence-corrected chi connectivity index (χ4v) is 1.98. The first-order valence-corrected chi connectivity index (χ1v) is 5.71. The van der Waals surface area contributed by atoms with Gasteiger partial charge in [0.05, 0.1) is 12.5 Å². The fourth-order valence-electron chi connectivity index (χ4n) is 1.98. The van der Waals surface area contributed by atoms with Gasteiger partial charge in [-0.05, 0) is 12.3 Å². The number of nitrogens with zero attached hydrogens (tertiary/aromatic N) is 1. The zero-order valence-corrected chi connectivity index (χ0v) is 9.74. The second kappa shape index (κ2) is 6.08. The maximum absolute atomic E-state index is 11.8. The summed E-state index contributed by atoms with van der Waals surface area (Å²) >= 11 is 0. The van der Waals surface area contributed by atoms with E-state index in [1.807, 2.05) is 4.90 Å². The van der Waals surface area contributed by atoms with Gasteiger partial charge in [-0.2, -0.15) is 0 Å². The zero-order valence-electron chi connectivity index (χ0n) is 9.74. The topological polar surface area (TPSA) is 55.6 Å². The van der Waals surface area contributed by atoms with Gasteiger partial charge in [0, 0.05) is 26.7 Å². The van der Waals surface area contributed by atoms with Crippen LogP contribution in [0.25, 0.3) is 0 Å². The van der Waals surface area contributed by atoms with E-state index in [4.69, 9.17) is 10.5 Å². The lowest BCUT2D eigenvalue weighted by atomic mass is 10.1. The van der Waals surface area contributed by atoms with Crippen LogP contribution in [-0.2, 0) is 9.53 Å². The molecule has 0 spiro atoms. The highest BCUT2D eigenvalue weighted by atomic mass is 16.5. The maximum atomic E-state index is 11.8. The van der Waals surface area contributed by atoms with Crippen LogP contribution in [0.1, 0.15) is 26.2 Å². The minimum atomic E-state index is -0.127. The minimum absolute atomic E-state index is 0.127. The molecule has 0 radical (unpaired) electrons. The molecule has 4 nitrogen and oxygen atoms in total. The van der Waals surface area contributed by atoms with E-state index in [1.54, 1.807) is 7.11 Å². The summed E-state index contributed by atoms with van der Waals surface area (Å²) in [6.45, 7) is 4.40. The molecule has 0 saturated carbocycles. The molecule has 1 amide bonds. The van der Waals surface area contributed by atoms with E-state index in [-0.39, 0.29) is 12.0 Å². The Morgan fingerprint density at radius 3 is 2.87 bits per heavy atom. The Balaban J connectivity index is 2.34. The van der Waals surface area contributed by atoms with Crippen molar-refractivity contribution in [1.29, 1.82) is 0 Å². The quantitative estimate of drug-likeness (QED) is 0.729. The van der Waals surface area contributed by atoms with Crippen LogP contribution in [0.3, 0.4) is 0 Å². The number of carbonyl (C=O) groups excluding carboxylic acids is 1. The Bertz CT molecular complexity index is 205. The third kappa shape index (κ3) is 3.47. The van der Waals surface area contributed by atoms with E-state index in [1.165, 1.54) is 0 Å². The van der Waals surface area contributed by atoms with Crippen LogP contribution in [0, 0.1) is 5.92 Å². The van der Waals surface area contributed by atoms with Crippen molar-refractivity contribution in [2.45, 2.75) is 32.3 Å². The Morgan fingerprint density at radius 2 is 2.40 bits per heavy atom. The SMILES string of the molecule is CCC1CCN(C(=O)CC(CN)OC)C1. The molecule has 88 valence electrons. The lowest BCUT2D eigenvalue weighted by molar-refractivity contribution is -0.132. The van der Waals surface area contributed by atoms with E-state index < -0.39 is 0 Å². The number of nitrogens with two attached hydrogens (primary N) is 1. The standard InChI is InChI=1S/C11H22N2O2/c1-3-9-4-5-13(8-9)11(14)6-10(7-12)15-2/h9-10H,3-8,12H2,1-2H3. The molecule has 1 fully saturated rings. The van der Waals surface area contributed by atoms with Gasteiger partial charge in [-0.1, -0.05) is 13.3 Å². The van der Waals surface area contributed by atoms with Gasteiger partial charge < -0.3 is 15.4 Å². The number of methoxy groups -OCH3 is 1. The summed E-state index contributed by atoms with van der Waals surface area (Å²) in [4.78, 5) is 13.8. The Morgan fingerprint density at radius 1 is 1.67 bits per heavy atom. The number of amides is 1. The van der Waals surface area contributed by atoms with Crippen molar-refractivity contribution in [2.75, 3.05) is 26.7 Å². The molecule has 1 saturated heterocycles. The Labute approximate surface area is 91.8 Å². The summed E-state index contributed by atoms with van der Waals surface area (Å²) in [5.41, 5.74) is 5.49. The molecule has 0 aromatic rings. The molecule has 1 rings (SSSR count). The third-order valence-corrected chi connectivity index (χ3v) is 3.21. The average molecular weight is 214 g/mol. The maximum Gasteiger partial charge on any atom is 0.225 e. The molecule has 0 aliphatic carbocycles. The van der Waals surface area contributed by atoms with Gasteiger partial charge in [-0.3, -0.25) is 4.79 Å². The van der Waals surface area contributed by atoms with E-state index in [0.717, 1.165) is 25.9 Å². The molecule has 0 bridgehead atoms. The molecule has 4 heteroatoms. The molecule has 2 N–H and O–H groups in total. The molecule has 1 aliphatic heterocycles. The summed E-state index contributed by atoms with van der Waals surface area (Å²) in [6.07, 6.45) is 2.60. The van der Waals surface area contributed by atoms with Gasteiger partial charge in [-0.25, -0.2) is 0 Å². The van der Waals surface area contributed by atoms with Gasteiger partial charge >= 0.3 is 0 Å². The summed E-state index contributed by atoms with van der Waals surface area (Å²) in [7, 11) is 1.60. The monoisotopic (exact) mass is 214 g/mol. The van der Waals surface area contributed by atoms with Crippen LogP contribution < -0.4 is 5.73 Å². The average Bonchev–Trinajstić information content (AvgIpc) is 2.74. The van der Waals surface area contributed by atoms with Crippen LogP contribution in [0.2, 0.25) is 0 Å². The van der Waals surface area contributed by atoms with Crippen LogP contribution in [0.15, 0.2) is 0 Å². The van der Waals surface area contributed by atoms with Crippen LogP contribution in [0.4, 0.5) is 0 Å². The predicted molar refractivity (Wildman–Crippen MR) is 59.4 cm³/mol. The first kappa shape index (κ1) is 12.5. The smallest absolute Gasteiger partial charge is 0.225 e. The van der Waals surface area contributed by atoms with Crippen LogP contribution in [0.5, 0.6) is 0 Å². The number of hydrogen-bond acceptors (Lipinski definition) is 3. The summed E-state index contributed by atoms with van der Waals surface area (Å²) < 4.78 is 5.11. The highest BCUT2D eigenvalue weighted by Gasteiger charge is 2.26. The highest BCUT2D eigenvalue weighted by molar-refractivity contribution is 5.77. The van der Waals surface area contributed by atoms with E-state index in [2.05, 4.69) is 6.92 Å². The highest BCUT2D eigenvalue weighted by Crippen LogP contribution is 2.20. The molecule has 0 aromatic carbocycles. The molecule has 15 heavy (non-hydrogen) atoms. The number of hydrogen-bond donors (Lipinski definition) is 1. The fraction of sp³-hybridized carbons (Fsp3) is 0.909. The predicted octanol–water partition coefficient (Wildman–Crippen LogP) is 0.609. The molecular formula is C11H22N2O2. The van der Waals surface area contributed by atoms with Crippen LogP contribution >= 0.6 is 0 Å².